The highest BCUT2D eigenvalue weighted by molar-refractivity contribution is 6.14. The van der Waals surface area contributed by atoms with Gasteiger partial charge >= 0.3 is 0 Å². The minimum Gasteiger partial charge on any atom is -0.349 e. The van der Waals surface area contributed by atoms with Gasteiger partial charge in [0.2, 0.25) is 0 Å². The first kappa shape index (κ1) is 39.4. The second-order valence-corrected chi connectivity index (χ2v) is 16.2. The van der Waals surface area contributed by atoms with Crippen molar-refractivity contribution in [1.82, 2.24) is 16.0 Å². The van der Waals surface area contributed by atoms with Crippen molar-refractivity contribution in [3.63, 3.8) is 0 Å². The van der Waals surface area contributed by atoms with E-state index >= 15 is 0 Å². The van der Waals surface area contributed by atoms with Gasteiger partial charge in [-0.15, -0.1) is 0 Å². The lowest BCUT2D eigenvalue weighted by molar-refractivity contribution is 0.0871. The molecular formula is C43H71N3O3. The van der Waals surface area contributed by atoms with Gasteiger partial charge in [0.05, 0.1) is 16.7 Å². The molecule has 1 aromatic rings. The maximum Gasteiger partial charge on any atom is 0.253 e. The maximum atomic E-state index is 14.3. The first-order chi connectivity index (χ1) is 23.8. The van der Waals surface area contributed by atoms with Crippen LogP contribution >= 0.6 is 0 Å². The van der Waals surface area contributed by atoms with Crippen molar-refractivity contribution >= 4 is 17.7 Å². The Balaban J connectivity index is 1.57. The molecule has 0 aromatic heterocycles. The van der Waals surface area contributed by atoms with E-state index in [1.165, 1.54) is 57.8 Å². The molecule has 0 heterocycles. The molecule has 4 rings (SSSR count). The number of nitrogens with one attached hydrogen (secondary N) is 3. The molecule has 3 fully saturated rings. The summed E-state index contributed by atoms with van der Waals surface area (Å²) in [7, 11) is 0. The zero-order chi connectivity index (χ0) is 35.0. The summed E-state index contributed by atoms with van der Waals surface area (Å²) in [5.41, 5.74) is 2.00. The molecule has 0 radical (unpaired) electrons. The lowest BCUT2D eigenvalue weighted by Crippen LogP contribution is -2.43. The van der Waals surface area contributed by atoms with E-state index in [1.54, 1.807) is 0 Å². The number of carbonyl (C=O) groups excluding carboxylic acids is 3. The minimum absolute atomic E-state index is 0.0776. The van der Waals surface area contributed by atoms with Crippen LogP contribution in [0.3, 0.4) is 0 Å². The maximum absolute atomic E-state index is 14.3. The van der Waals surface area contributed by atoms with Gasteiger partial charge in [0.25, 0.3) is 17.7 Å². The monoisotopic (exact) mass is 678 g/mol. The topological polar surface area (TPSA) is 87.3 Å². The number of aryl methyl sites for hydroxylation is 1. The number of rotatable bonds is 18. The highest BCUT2D eigenvalue weighted by Gasteiger charge is 2.32. The van der Waals surface area contributed by atoms with E-state index in [9.17, 15) is 14.4 Å². The van der Waals surface area contributed by atoms with E-state index in [0.29, 0.717) is 11.1 Å². The molecule has 3 aliphatic rings. The number of hydrogen-bond acceptors (Lipinski definition) is 3. The molecule has 0 bridgehead atoms. The van der Waals surface area contributed by atoms with Crippen LogP contribution in [-0.2, 0) is 6.42 Å². The van der Waals surface area contributed by atoms with E-state index < -0.39 is 0 Å². The van der Waals surface area contributed by atoms with Crippen LogP contribution in [0, 0.1) is 17.8 Å². The summed E-state index contributed by atoms with van der Waals surface area (Å²) in [6.45, 7) is 8.91. The third-order valence-corrected chi connectivity index (χ3v) is 12.2. The lowest BCUT2D eigenvalue weighted by atomic mass is 9.82. The zero-order valence-electron chi connectivity index (χ0n) is 31.8. The van der Waals surface area contributed by atoms with E-state index in [2.05, 4.69) is 43.6 Å². The highest BCUT2D eigenvalue weighted by atomic mass is 16.2. The molecule has 1 aromatic carbocycles. The van der Waals surface area contributed by atoms with Crippen molar-refractivity contribution < 1.29 is 14.4 Å². The van der Waals surface area contributed by atoms with Crippen LogP contribution in [-0.4, -0.2) is 35.8 Å². The summed E-state index contributed by atoms with van der Waals surface area (Å²) < 4.78 is 0. The molecule has 49 heavy (non-hydrogen) atoms. The SMILES string of the molecule is CCCCc1cc(C(=O)NC2CCC(CCCC)CC2)c(C(=O)NC2CCC(CCCC)CC2)c(C(=O)NC2CCC(CCCC)CC2)c1. The molecule has 3 aliphatic carbocycles. The quantitative estimate of drug-likeness (QED) is 0.144. The number of hydrogen-bond donors (Lipinski definition) is 3. The van der Waals surface area contributed by atoms with E-state index in [0.717, 1.165) is 120 Å². The molecule has 3 amide bonds. The standard InChI is InChI=1S/C43H71N3O3/c1-5-9-13-31-17-23-35(24-18-31)44-41(47)38-29-34(16-12-8-4)30-39(42(48)45-36-25-19-32(20-26-36)14-10-6-2)40(38)43(49)46-37-27-21-33(22-28-37)15-11-7-3/h29-33,35-37H,5-28H2,1-4H3,(H,44,47)(H,45,48)(H,46,49). The highest BCUT2D eigenvalue weighted by Crippen LogP contribution is 2.32. The van der Waals surface area contributed by atoms with Gasteiger partial charge in [0, 0.05) is 18.1 Å². The van der Waals surface area contributed by atoms with Crippen LogP contribution in [0.15, 0.2) is 12.1 Å². The summed E-state index contributed by atoms with van der Waals surface area (Å²) in [6, 6.07) is 4.14. The Morgan fingerprint density at radius 1 is 0.490 bits per heavy atom. The van der Waals surface area contributed by atoms with Crippen LogP contribution in [0.4, 0.5) is 0 Å². The van der Waals surface area contributed by atoms with Crippen LogP contribution in [0.5, 0.6) is 0 Å². The average molecular weight is 678 g/mol. The Hall–Kier alpha value is -2.37. The van der Waals surface area contributed by atoms with Crippen molar-refractivity contribution in [2.24, 2.45) is 17.8 Å². The fourth-order valence-corrected chi connectivity index (χ4v) is 8.88. The van der Waals surface area contributed by atoms with E-state index in [4.69, 9.17) is 0 Å². The van der Waals surface area contributed by atoms with E-state index in [-0.39, 0.29) is 41.4 Å². The molecule has 6 nitrogen and oxygen atoms in total. The molecule has 0 aliphatic heterocycles. The van der Waals surface area contributed by atoms with Crippen molar-refractivity contribution in [1.29, 1.82) is 0 Å². The number of amides is 3. The molecule has 0 spiro atoms. The summed E-state index contributed by atoms with van der Waals surface area (Å²) in [4.78, 5) is 42.8. The van der Waals surface area contributed by atoms with Crippen LogP contribution < -0.4 is 16.0 Å². The van der Waals surface area contributed by atoms with Gasteiger partial charge in [-0.2, -0.15) is 0 Å². The van der Waals surface area contributed by atoms with Crippen molar-refractivity contribution in [2.45, 2.75) is 200 Å². The molecule has 6 heteroatoms. The Morgan fingerprint density at radius 2 is 0.816 bits per heavy atom. The number of carbonyl (C=O) groups is 3. The van der Waals surface area contributed by atoms with Gasteiger partial charge in [-0.1, -0.05) is 91.9 Å². The molecule has 0 atom stereocenters. The van der Waals surface area contributed by atoms with Crippen molar-refractivity contribution in [3.05, 3.63) is 34.4 Å². The third-order valence-electron chi connectivity index (χ3n) is 12.2. The van der Waals surface area contributed by atoms with Gasteiger partial charge in [-0.05, 0) is 125 Å². The summed E-state index contributed by atoms with van der Waals surface area (Å²) in [6.07, 6.45) is 26.8. The van der Waals surface area contributed by atoms with Gasteiger partial charge in [0.15, 0.2) is 0 Å². The van der Waals surface area contributed by atoms with Crippen molar-refractivity contribution in [3.8, 4) is 0 Å². The van der Waals surface area contributed by atoms with Crippen LogP contribution in [0.25, 0.3) is 0 Å². The summed E-state index contributed by atoms with van der Waals surface area (Å²) in [5, 5.41) is 10.00. The first-order valence-corrected chi connectivity index (χ1v) is 20.9. The van der Waals surface area contributed by atoms with Gasteiger partial charge in [-0.3, -0.25) is 14.4 Å². The summed E-state index contributed by atoms with van der Waals surface area (Å²) >= 11 is 0. The predicted octanol–water partition coefficient (Wildman–Crippen LogP) is 10.5. The van der Waals surface area contributed by atoms with Crippen molar-refractivity contribution in [2.75, 3.05) is 0 Å². The minimum atomic E-state index is -0.263. The third kappa shape index (κ3) is 12.4. The summed E-state index contributed by atoms with van der Waals surface area (Å²) in [5.74, 6) is 1.58. The Bertz CT molecular complexity index is 1090. The fourth-order valence-electron chi connectivity index (χ4n) is 8.88. The normalized spacial score (nSPS) is 25.8. The first-order valence-electron chi connectivity index (χ1n) is 20.9. The Morgan fingerprint density at radius 3 is 1.14 bits per heavy atom. The average Bonchev–Trinajstić information content (AvgIpc) is 3.12. The largest absolute Gasteiger partial charge is 0.349 e. The van der Waals surface area contributed by atoms with Gasteiger partial charge in [-0.25, -0.2) is 0 Å². The second-order valence-electron chi connectivity index (χ2n) is 16.2. The van der Waals surface area contributed by atoms with Gasteiger partial charge < -0.3 is 16.0 Å². The molecule has 0 unspecified atom stereocenters. The predicted molar refractivity (Wildman–Crippen MR) is 203 cm³/mol. The van der Waals surface area contributed by atoms with Gasteiger partial charge in [0.1, 0.15) is 0 Å². The van der Waals surface area contributed by atoms with E-state index in [1.807, 2.05) is 12.1 Å². The Labute approximate surface area is 299 Å². The Kier molecular flexibility index (Phi) is 17.0. The fraction of sp³-hybridized carbons (Fsp3) is 0.791. The molecular weight excluding hydrogens is 606 g/mol. The van der Waals surface area contributed by atoms with Crippen LogP contribution in [0.1, 0.15) is 212 Å². The van der Waals surface area contributed by atoms with Crippen LogP contribution in [0.2, 0.25) is 0 Å². The smallest absolute Gasteiger partial charge is 0.253 e. The molecule has 3 N–H and O–H groups in total. The second kappa shape index (κ2) is 21.1. The molecule has 3 saturated carbocycles. The molecule has 0 saturated heterocycles. The zero-order valence-corrected chi connectivity index (χ0v) is 31.8. The molecule has 276 valence electrons. The lowest BCUT2D eigenvalue weighted by Gasteiger charge is -2.31. The number of benzene rings is 1. The number of unbranched alkanes of at least 4 members (excludes halogenated alkanes) is 4.